The molecule has 0 bridgehead atoms. The van der Waals surface area contributed by atoms with Gasteiger partial charge in [0, 0.05) is 32.4 Å². The lowest BCUT2D eigenvalue weighted by Gasteiger charge is -2.04. The molecule has 2 aromatic heterocycles. The predicted octanol–water partition coefficient (Wildman–Crippen LogP) is 5.92. The minimum Gasteiger partial charge on any atom is -0.364 e. The molecule has 2 heterocycles. The lowest BCUT2D eigenvalue weighted by atomic mass is 10.2. The first kappa shape index (κ1) is 14.4. The van der Waals surface area contributed by atoms with Crippen molar-refractivity contribution in [3.8, 4) is 5.69 Å². The average Bonchev–Trinajstić information content (AvgIpc) is 3.27. The van der Waals surface area contributed by atoms with Crippen molar-refractivity contribution in [3.05, 3.63) is 85.3 Å². The van der Waals surface area contributed by atoms with Gasteiger partial charge in [0.25, 0.3) is 0 Å². The summed E-state index contributed by atoms with van der Waals surface area (Å²) in [5.74, 6) is 0. The van der Waals surface area contributed by atoms with Gasteiger partial charge in [-0.3, -0.25) is 0 Å². The molecule has 0 unspecified atom stereocenters. The maximum absolute atomic E-state index is 5.06. The molecular formula is C21H14N2OS. The second-order valence-electron chi connectivity index (χ2n) is 5.85. The number of rotatable bonds is 3. The van der Waals surface area contributed by atoms with Crippen LogP contribution in [0.4, 0.5) is 0 Å². The third-order valence-electron chi connectivity index (χ3n) is 4.27. The summed E-state index contributed by atoms with van der Waals surface area (Å²) in [5, 5.41) is 6.33. The molecule has 3 nitrogen and oxygen atoms in total. The second-order valence-corrected chi connectivity index (χ2v) is 6.97. The van der Waals surface area contributed by atoms with Crippen LogP contribution in [-0.4, -0.2) is 9.72 Å². The highest BCUT2D eigenvalue weighted by atomic mass is 32.2. The summed E-state index contributed by atoms with van der Waals surface area (Å²) < 4.78 is 7.28. The van der Waals surface area contributed by atoms with Crippen molar-refractivity contribution < 1.29 is 4.52 Å². The maximum atomic E-state index is 5.06. The van der Waals surface area contributed by atoms with Gasteiger partial charge in [0.2, 0.25) is 0 Å². The fourth-order valence-corrected chi connectivity index (χ4v) is 4.05. The van der Waals surface area contributed by atoms with E-state index in [4.69, 9.17) is 4.52 Å². The number of benzene rings is 3. The third-order valence-corrected chi connectivity index (χ3v) is 5.32. The third kappa shape index (κ3) is 2.51. The topological polar surface area (TPSA) is 31.0 Å². The van der Waals surface area contributed by atoms with Crippen LogP contribution in [0.25, 0.3) is 27.5 Å². The molecule has 5 rings (SSSR count). The summed E-state index contributed by atoms with van der Waals surface area (Å²) >= 11 is 1.78. The summed E-state index contributed by atoms with van der Waals surface area (Å²) in [7, 11) is 0. The molecule has 25 heavy (non-hydrogen) atoms. The van der Waals surface area contributed by atoms with Crippen molar-refractivity contribution in [3.63, 3.8) is 0 Å². The molecule has 0 aliphatic carbocycles. The Kier molecular flexibility index (Phi) is 3.35. The van der Waals surface area contributed by atoms with E-state index >= 15 is 0 Å². The Labute approximate surface area is 148 Å². The van der Waals surface area contributed by atoms with Gasteiger partial charge >= 0.3 is 0 Å². The minimum absolute atomic E-state index is 0.868. The number of hydrogen-bond donors (Lipinski definition) is 0. The lowest BCUT2D eigenvalue weighted by molar-refractivity contribution is 0.428. The van der Waals surface area contributed by atoms with Gasteiger partial charge < -0.3 is 9.09 Å². The molecular weight excluding hydrogens is 328 g/mol. The lowest BCUT2D eigenvalue weighted by Crippen LogP contribution is -1.91. The summed E-state index contributed by atoms with van der Waals surface area (Å²) in [6.07, 6.45) is 3.87. The molecule has 0 saturated heterocycles. The van der Waals surface area contributed by atoms with Crippen molar-refractivity contribution in [1.29, 1.82) is 0 Å². The highest BCUT2D eigenvalue weighted by Gasteiger charge is 2.11. The van der Waals surface area contributed by atoms with Crippen molar-refractivity contribution in [2.24, 2.45) is 0 Å². The minimum atomic E-state index is 0.868. The molecule has 120 valence electrons. The van der Waals surface area contributed by atoms with E-state index in [-0.39, 0.29) is 0 Å². The normalized spacial score (nSPS) is 11.4. The standard InChI is InChI=1S/C21H14N2OS/c1-2-6-17(7-3-1)25-21-13-23(20-9-5-4-8-18(20)21)16-11-10-15-14-24-22-19(15)12-16/h1-14H. The van der Waals surface area contributed by atoms with Gasteiger partial charge in [-0.15, -0.1) is 0 Å². The summed E-state index contributed by atoms with van der Waals surface area (Å²) in [5.41, 5.74) is 3.13. The zero-order chi connectivity index (χ0) is 16.6. The first-order chi connectivity index (χ1) is 12.4. The van der Waals surface area contributed by atoms with Gasteiger partial charge in [0.15, 0.2) is 0 Å². The van der Waals surface area contributed by atoms with Crippen molar-refractivity contribution in [1.82, 2.24) is 9.72 Å². The molecule has 0 saturated carbocycles. The maximum Gasteiger partial charge on any atom is 0.131 e. The number of hydrogen-bond acceptors (Lipinski definition) is 3. The van der Waals surface area contributed by atoms with E-state index in [9.17, 15) is 0 Å². The number of nitrogens with zero attached hydrogens (tertiary/aromatic N) is 2. The molecule has 0 atom stereocenters. The molecule has 0 N–H and O–H groups in total. The molecule has 0 aliphatic heterocycles. The molecule has 0 spiro atoms. The predicted molar refractivity (Wildman–Crippen MR) is 101 cm³/mol. The number of aromatic nitrogens is 2. The SMILES string of the molecule is c1ccc(Sc2cn(-c3ccc4conc4c3)c3ccccc23)cc1. The van der Waals surface area contributed by atoms with E-state index in [0.717, 1.165) is 16.6 Å². The first-order valence-corrected chi connectivity index (χ1v) is 8.88. The summed E-state index contributed by atoms with van der Waals surface area (Å²) in [6, 6.07) is 25.1. The Morgan fingerprint density at radius 2 is 1.72 bits per heavy atom. The molecule has 0 aliphatic rings. The Balaban J connectivity index is 1.68. The van der Waals surface area contributed by atoms with Gasteiger partial charge in [0.1, 0.15) is 11.8 Å². The van der Waals surface area contributed by atoms with Gasteiger partial charge in [0.05, 0.1) is 5.52 Å². The monoisotopic (exact) mass is 342 g/mol. The fraction of sp³-hybridized carbons (Fsp3) is 0. The quantitative estimate of drug-likeness (QED) is 0.407. The van der Waals surface area contributed by atoms with Crippen LogP contribution in [-0.2, 0) is 0 Å². The average molecular weight is 342 g/mol. The van der Waals surface area contributed by atoms with Crippen LogP contribution < -0.4 is 0 Å². The van der Waals surface area contributed by atoms with Crippen LogP contribution in [0.15, 0.2) is 99.6 Å². The van der Waals surface area contributed by atoms with Crippen LogP contribution in [0.3, 0.4) is 0 Å². The van der Waals surface area contributed by atoms with Crippen LogP contribution >= 0.6 is 11.8 Å². The Bertz CT molecular complexity index is 1170. The van der Waals surface area contributed by atoms with E-state index in [1.54, 1.807) is 18.0 Å². The Hall–Kier alpha value is -2.98. The summed E-state index contributed by atoms with van der Waals surface area (Å²) in [4.78, 5) is 2.47. The highest BCUT2D eigenvalue weighted by Crippen LogP contribution is 2.36. The molecule has 5 aromatic rings. The molecule has 3 aromatic carbocycles. The number of fused-ring (bicyclic) bond motifs is 2. The van der Waals surface area contributed by atoms with Crippen LogP contribution in [0.5, 0.6) is 0 Å². The highest BCUT2D eigenvalue weighted by molar-refractivity contribution is 7.99. The molecule has 0 amide bonds. The van der Waals surface area contributed by atoms with E-state index in [1.165, 1.54) is 20.7 Å². The van der Waals surface area contributed by atoms with Crippen molar-refractivity contribution >= 4 is 33.6 Å². The van der Waals surface area contributed by atoms with E-state index in [1.807, 2.05) is 12.1 Å². The van der Waals surface area contributed by atoms with E-state index < -0.39 is 0 Å². The summed E-state index contributed by atoms with van der Waals surface area (Å²) in [6.45, 7) is 0. The Morgan fingerprint density at radius 1 is 0.880 bits per heavy atom. The van der Waals surface area contributed by atoms with Crippen LogP contribution in [0.1, 0.15) is 0 Å². The zero-order valence-electron chi connectivity index (χ0n) is 13.3. The first-order valence-electron chi connectivity index (χ1n) is 8.06. The Morgan fingerprint density at radius 3 is 2.64 bits per heavy atom. The van der Waals surface area contributed by atoms with Gasteiger partial charge in [-0.05, 0) is 36.4 Å². The van der Waals surface area contributed by atoms with E-state index in [0.29, 0.717) is 0 Å². The second kappa shape index (κ2) is 5.83. The van der Waals surface area contributed by atoms with Gasteiger partial charge in [-0.1, -0.05) is 53.3 Å². The zero-order valence-corrected chi connectivity index (χ0v) is 14.1. The van der Waals surface area contributed by atoms with Gasteiger partial charge in [-0.25, -0.2) is 0 Å². The van der Waals surface area contributed by atoms with Crippen molar-refractivity contribution in [2.75, 3.05) is 0 Å². The van der Waals surface area contributed by atoms with Crippen molar-refractivity contribution in [2.45, 2.75) is 9.79 Å². The number of para-hydroxylation sites is 1. The van der Waals surface area contributed by atoms with Gasteiger partial charge in [-0.2, -0.15) is 0 Å². The molecule has 4 heteroatoms. The largest absolute Gasteiger partial charge is 0.364 e. The molecule has 0 fully saturated rings. The van der Waals surface area contributed by atoms with E-state index in [2.05, 4.69) is 76.6 Å². The smallest absolute Gasteiger partial charge is 0.131 e. The van der Waals surface area contributed by atoms with Crippen LogP contribution in [0.2, 0.25) is 0 Å². The molecule has 0 radical (unpaired) electrons. The van der Waals surface area contributed by atoms with Crippen LogP contribution in [0, 0.1) is 0 Å². The fourth-order valence-electron chi connectivity index (χ4n) is 3.06.